The number of carbonyl (C=O) groups excluding carboxylic acids is 1. The standard InChI is InChI=1S/C17H18N4O2/c1-10-9-12(15-11(2)20-23-16(15)19-10)17(22)21-8-4-6-14(21)13-5-3-7-18-13/h3,5,7,9,14,18H,4,6,8H2,1-2H3. The lowest BCUT2D eigenvalue weighted by molar-refractivity contribution is 0.0735. The molecule has 4 heterocycles. The topological polar surface area (TPSA) is 75.0 Å². The maximum absolute atomic E-state index is 13.2. The van der Waals surface area contributed by atoms with E-state index >= 15 is 0 Å². The second-order valence-electron chi connectivity index (χ2n) is 6.04. The van der Waals surface area contributed by atoms with Crippen molar-refractivity contribution in [2.45, 2.75) is 32.7 Å². The molecule has 1 aliphatic heterocycles. The lowest BCUT2D eigenvalue weighted by Gasteiger charge is -2.24. The number of aromatic amines is 1. The average Bonchev–Trinajstić information content (AvgIpc) is 3.25. The van der Waals surface area contributed by atoms with Crippen LogP contribution in [0.15, 0.2) is 28.9 Å². The Morgan fingerprint density at radius 3 is 3.09 bits per heavy atom. The number of amides is 1. The lowest BCUT2D eigenvalue weighted by atomic mass is 10.1. The summed E-state index contributed by atoms with van der Waals surface area (Å²) in [6.07, 6.45) is 3.88. The molecule has 1 fully saturated rings. The molecule has 4 rings (SSSR count). The maximum atomic E-state index is 13.2. The van der Waals surface area contributed by atoms with Crippen molar-refractivity contribution in [3.05, 3.63) is 47.0 Å². The molecule has 1 N–H and O–H groups in total. The zero-order valence-electron chi connectivity index (χ0n) is 13.2. The van der Waals surface area contributed by atoms with Crippen molar-refractivity contribution in [1.82, 2.24) is 20.0 Å². The molecule has 0 bridgehead atoms. The Kier molecular flexibility index (Phi) is 3.18. The Balaban J connectivity index is 1.78. The van der Waals surface area contributed by atoms with Gasteiger partial charge in [0.05, 0.1) is 22.7 Å². The van der Waals surface area contributed by atoms with E-state index in [9.17, 15) is 4.79 Å². The van der Waals surface area contributed by atoms with Gasteiger partial charge in [-0.25, -0.2) is 4.98 Å². The van der Waals surface area contributed by atoms with Crippen LogP contribution >= 0.6 is 0 Å². The summed E-state index contributed by atoms with van der Waals surface area (Å²) in [5.74, 6) is 0.0175. The predicted octanol–water partition coefficient (Wildman–Crippen LogP) is 3.15. The second kappa shape index (κ2) is 5.22. The molecule has 1 aliphatic rings. The van der Waals surface area contributed by atoms with Gasteiger partial charge in [-0.1, -0.05) is 5.16 Å². The first kappa shape index (κ1) is 14.0. The smallest absolute Gasteiger partial charge is 0.258 e. The van der Waals surface area contributed by atoms with Crippen LogP contribution in [0.5, 0.6) is 0 Å². The molecule has 1 saturated heterocycles. The number of carbonyl (C=O) groups is 1. The van der Waals surface area contributed by atoms with E-state index in [1.807, 2.05) is 43.1 Å². The molecular formula is C17H18N4O2. The van der Waals surface area contributed by atoms with Crippen LogP contribution in [-0.2, 0) is 0 Å². The molecular weight excluding hydrogens is 292 g/mol. The Bertz CT molecular complexity index is 866. The third-order valence-electron chi connectivity index (χ3n) is 4.47. The first-order valence-electron chi connectivity index (χ1n) is 7.83. The van der Waals surface area contributed by atoms with Crippen LogP contribution in [0.2, 0.25) is 0 Å². The third-order valence-corrected chi connectivity index (χ3v) is 4.47. The highest BCUT2D eigenvalue weighted by Gasteiger charge is 2.32. The summed E-state index contributed by atoms with van der Waals surface area (Å²) in [4.78, 5) is 22.7. The molecule has 118 valence electrons. The minimum atomic E-state index is 0.0175. The maximum Gasteiger partial charge on any atom is 0.258 e. The monoisotopic (exact) mass is 310 g/mol. The number of pyridine rings is 1. The van der Waals surface area contributed by atoms with Gasteiger partial charge in [-0.2, -0.15) is 0 Å². The fraction of sp³-hybridized carbons (Fsp3) is 0.353. The van der Waals surface area contributed by atoms with Gasteiger partial charge < -0.3 is 14.4 Å². The van der Waals surface area contributed by atoms with E-state index in [-0.39, 0.29) is 11.9 Å². The number of H-pyrrole nitrogens is 1. The van der Waals surface area contributed by atoms with E-state index in [0.29, 0.717) is 17.0 Å². The van der Waals surface area contributed by atoms with Gasteiger partial charge in [-0.05, 0) is 44.9 Å². The van der Waals surface area contributed by atoms with Crippen molar-refractivity contribution < 1.29 is 9.32 Å². The van der Waals surface area contributed by atoms with Crippen molar-refractivity contribution in [2.24, 2.45) is 0 Å². The zero-order chi connectivity index (χ0) is 16.0. The highest BCUT2D eigenvalue weighted by atomic mass is 16.5. The SMILES string of the molecule is Cc1cc(C(=O)N2CCCC2c2ccc[nH]2)c2c(C)noc2n1. The van der Waals surface area contributed by atoms with Gasteiger partial charge in [0.25, 0.3) is 11.6 Å². The van der Waals surface area contributed by atoms with Crippen LogP contribution in [0.4, 0.5) is 0 Å². The van der Waals surface area contributed by atoms with Gasteiger partial charge in [0.15, 0.2) is 0 Å². The quantitative estimate of drug-likeness (QED) is 0.789. The summed E-state index contributed by atoms with van der Waals surface area (Å²) in [6, 6.07) is 5.93. The van der Waals surface area contributed by atoms with Crippen molar-refractivity contribution in [3.63, 3.8) is 0 Å². The van der Waals surface area contributed by atoms with Gasteiger partial charge in [0, 0.05) is 24.1 Å². The summed E-state index contributed by atoms with van der Waals surface area (Å²) in [6.45, 7) is 4.46. The summed E-state index contributed by atoms with van der Waals surface area (Å²) in [5, 5.41) is 4.68. The number of hydrogen-bond acceptors (Lipinski definition) is 4. The van der Waals surface area contributed by atoms with E-state index in [2.05, 4.69) is 15.1 Å². The summed E-state index contributed by atoms with van der Waals surface area (Å²) < 4.78 is 5.24. The van der Waals surface area contributed by atoms with Crippen molar-refractivity contribution in [3.8, 4) is 0 Å². The fourth-order valence-electron chi connectivity index (χ4n) is 3.43. The lowest BCUT2D eigenvalue weighted by Crippen LogP contribution is -2.31. The second-order valence-corrected chi connectivity index (χ2v) is 6.04. The van der Waals surface area contributed by atoms with E-state index in [1.165, 1.54) is 0 Å². The van der Waals surface area contributed by atoms with Crippen LogP contribution in [0, 0.1) is 13.8 Å². The van der Waals surface area contributed by atoms with Crippen molar-refractivity contribution in [1.29, 1.82) is 0 Å². The molecule has 0 radical (unpaired) electrons. The molecule has 0 saturated carbocycles. The molecule has 0 aliphatic carbocycles. The van der Waals surface area contributed by atoms with E-state index < -0.39 is 0 Å². The number of nitrogens with zero attached hydrogens (tertiary/aromatic N) is 3. The van der Waals surface area contributed by atoms with Crippen LogP contribution in [0.3, 0.4) is 0 Å². The Morgan fingerprint density at radius 2 is 2.30 bits per heavy atom. The minimum Gasteiger partial charge on any atom is -0.363 e. The van der Waals surface area contributed by atoms with Gasteiger partial charge in [-0.3, -0.25) is 4.79 Å². The van der Waals surface area contributed by atoms with Gasteiger partial charge in [0.2, 0.25) is 0 Å². The van der Waals surface area contributed by atoms with Crippen molar-refractivity contribution in [2.75, 3.05) is 6.54 Å². The normalized spacial score (nSPS) is 18.0. The fourth-order valence-corrected chi connectivity index (χ4v) is 3.43. The Hall–Kier alpha value is -2.63. The highest BCUT2D eigenvalue weighted by molar-refractivity contribution is 6.06. The van der Waals surface area contributed by atoms with Crippen LogP contribution in [0.25, 0.3) is 11.1 Å². The number of likely N-dealkylation sites (tertiary alicyclic amines) is 1. The molecule has 6 heteroatoms. The van der Waals surface area contributed by atoms with Crippen molar-refractivity contribution >= 4 is 17.0 Å². The molecule has 6 nitrogen and oxygen atoms in total. The summed E-state index contributed by atoms with van der Waals surface area (Å²) in [7, 11) is 0. The molecule has 0 spiro atoms. The number of rotatable bonds is 2. The van der Waals surface area contributed by atoms with E-state index in [4.69, 9.17) is 4.52 Å². The largest absolute Gasteiger partial charge is 0.363 e. The summed E-state index contributed by atoms with van der Waals surface area (Å²) in [5.41, 5.74) is 3.60. The summed E-state index contributed by atoms with van der Waals surface area (Å²) >= 11 is 0. The molecule has 1 unspecified atom stereocenters. The van der Waals surface area contributed by atoms with Gasteiger partial charge in [0.1, 0.15) is 0 Å². The van der Waals surface area contributed by atoms with Gasteiger partial charge >= 0.3 is 0 Å². The molecule has 3 aromatic heterocycles. The minimum absolute atomic E-state index is 0.0175. The molecule has 23 heavy (non-hydrogen) atoms. The Labute approximate surface area is 133 Å². The first-order chi connectivity index (χ1) is 11.1. The van der Waals surface area contributed by atoms with Crippen LogP contribution < -0.4 is 0 Å². The number of aryl methyl sites for hydroxylation is 2. The van der Waals surface area contributed by atoms with Gasteiger partial charge in [-0.15, -0.1) is 0 Å². The number of hydrogen-bond donors (Lipinski definition) is 1. The average molecular weight is 310 g/mol. The molecule has 0 aromatic carbocycles. The Morgan fingerprint density at radius 1 is 1.43 bits per heavy atom. The third kappa shape index (κ3) is 2.21. The van der Waals surface area contributed by atoms with Crippen LogP contribution in [0.1, 0.15) is 46.3 Å². The highest BCUT2D eigenvalue weighted by Crippen LogP contribution is 2.33. The molecule has 1 amide bonds. The van der Waals surface area contributed by atoms with E-state index in [1.54, 1.807) is 0 Å². The molecule has 1 atom stereocenters. The number of aromatic nitrogens is 3. The van der Waals surface area contributed by atoms with Crippen LogP contribution in [-0.4, -0.2) is 32.5 Å². The molecule has 3 aromatic rings. The predicted molar refractivity (Wildman–Crippen MR) is 85.1 cm³/mol. The first-order valence-corrected chi connectivity index (χ1v) is 7.83. The van der Waals surface area contributed by atoms with E-state index in [0.717, 1.165) is 36.2 Å². The zero-order valence-corrected chi connectivity index (χ0v) is 13.2. The number of nitrogens with one attached hydrogen (secondary N) is 1. The number of fused-ring (bicyclic) bond motifs is 1.